The molecule has 0 heterocycles. The minimum atomic E-state index is -4.35. The minimum absolute atomic E-state index is 0.0700. The van der Waals surface area contributed by atoms with Gasteiger partial charge in [0, 0.05) is 4.83 Å². The van der Waals surface area contributed by atoms with Gasteiger partial charge in [-0.3, -0.25) is 0 Å². The standard InChI is InChI=1S/C11H10BrF3O/c12-7-5-8(6-7)16-10-4-2-1-3-9(10)11(13,14)15/h1-4,7-8H,5-6H2. The van der Waals surface area contributed by atoms with E-state index in [0.29, 0.717) is 4.83 Å². The van der Waals surface area contributed by atoms with Gasteiger partial charge in [0.15, 0.2) is 0 Å². The van der Waals surface area contributed by atoms with E-state index in [9.17, 15) is 13.2 Å². The summed E-state index contributed by atoms with van der Waals surface area (Å²) in [5, 5.41) is 0. The molecule has 2 rings (SSSR count). The Hall–Kier alpha value is -0.710. The summed E-state index contributed by atoms with van der Waals surface area (Å²) in [6.45, 7) is 0. The molecule has 1 aliphatic carbocycles. The fourth-order valence-corrected chi connectivity index (χ4v) is 2.41. The Morgan fingerprint density at radius 2 is 1.81 bits per heavy atom. The van der Waals surface area contributed by atoms with E-state index in [0.717, 1.165) is 18.9 Å². The Morgan fingerprint density at radius 3 is 2.38 bits per heavy atom. The third-order valence-corrected chi connectivity index (χ3v) is 3.27. The van der Waals surface area contributed by atoms with Gasteiger partial charge in [-0.25, -0.2) is 0 Å². The van der Waals surface area contributed by atoms with Gasteiger partial charge in [-0.05, 0) is 25.0 Å². The summed E-state index contributed by atoms with van der Waals surface area (Å²) < 4.78 is 43.2. The molecule has 0 radical (unpaired) electrons. The number of ether oxygens (including phenoxy) is 1. The SMILES string of the molecule is FC(F)(F)c1ccccc1OC1CC(Br)C1. The van der Waals surface area contributed by atoms with Crippen LogP contribution in [0.2, 0.25) is 0 Å². The van der Waals surface area contributed by atoms with Crippen molar-refractivity contribution in [1.29, 1.82) is 0 Å². The van der Waals surface area contributed by atoms with E-state index < -0.39 is 11.7 Å². The molecule has 1 saturated carbocycles. The second-order valence-electron chi connectivity index (χ2n) is 3.80. The Labute approximate surface area is 99.7 Å². The lowest BCUT2D eigenvalue weighted by atomic mass is 9.96. The van der Waals surface area contributed by atoms with Crippen molar-refractivity contribution < 1.29 is 17.9 Å². The van der Waals surface area contributed by atoms with Crippen molar-refractivity contribution in [2.75, 3.05) is 0 Å². The zero-order valence-electron chi connectivity index (χ0n) is 8.30. The Kier molecular flexibility index (Phi) is 3.15. The van der Waals surface area contributed by atoms with Crippen LogP contribution in [-0.4, -0.2) is 10.9 Å². The van der Waals surface area contributed by atoms with Gasteiger partial charge in [0.2, 0.25) is 0 Å². The summed E-state index contributed by atoms with van der Waals surface area (Å²) in [5.41, 5.74) is -0.701. The predicted molar refractivity (Wildman–Crippen MR) is 57.8 cm³/mol. The Balaban J connectivity index is 2.14. The van der Waals surface area contributed by atoms with E-state index in [1.807, 2.05) is 0 Å². The van der Waals surface area contributed by atoms with Crippen molar-refractivity contribution in [3.8, 4) is 5.75 Å². The first-order valence-corrected chi connectivity index (χ1v) is 5.85. The molecule has 0 aliphatic heterocycles. The predicted octanol–water partition coefficient (Wildman–Crippen LogP) is 4.01. The topological polar surface area (TPSA) is 9.23 Å². The number of hydrogen-bond acceptors (Lipinski definition) is 1. The van der Waals surface area contributed by atoms with Crippen molar-refractivity contribution in [3.63, 3.8) is 0 Å². The summed E-state index contributed by atoms with van der Waals surface area (Å²) in [6.07, 6.45) is -2.94. The molecule has 0 atom stereocenters. The normalized spacial score (nSPS) is 25.0. The third kappa shape index (κ3) is 2.51. The van der Waals surface area contributed by atoms with Gasteiger partial charge in [-0.1, -0.05) is 28.1 Å². The highest BCUT2D eigenvalue weighted by Crippen LogP contribution is 2.38. The molecule has 0 bridgehead atoms. The molecule has 16 heavy (non-hydrogen) atoms. The number of halogens is 4. The first-order chi connectivity index (χ1) is 7.47. The van der Waals surface area contributed by atoms with Gasteiger partial charge < -0.3 is 4.74 Å². The summed E-state index contributed by atoms with van der Waals surface area (Å²) in [6, 6.07) is 5.32. The highest BCUT2D eigenvalue weighted by molar-refractivity contribution is 9.09. The summed E-state index contributed by atoms with van der Waals surface area (Å²) in [7, 11) is 0. The molecule has 0 N–H and O–H groups in total. The monoisotopic (exact) mass is 294 g/mol. The van der Waals surface area contributed by atoms with Gasteiger partial charge >= 0.3 is 6.18 Å². The van der Waals surface area contributed by atoms with Crippen LogP contribution in [0.5, 0.6) is 5.75 Å². The number of rotatable bonds is 2. The fourth-order valence-electron chi connectivity index (χ4n) is 1.58. The van der Waals surface area contributed by atoms with Crippen molar-refractivity contribution >= 4 is 15.9 Å². The Morgan fingerprint density at radius 1 is 1.19 bits per heavy atom. The molecule has 88 valence electrons. The average Bonchev–Trinajstić information content (AvgIpc) is 2.14. The smallest absolute Gasteiger partial charge is 0.419 e. The van der Waals surface area contributed by atoms with Crippen LogP contribution in [0.4, 0.5) is 13.2 Å². The van der Waals surface area contributed by atoms with E-state index in [-0.39, 0.29) is 11.9 Å². The minimum Gasteiger partial charge on any atom is -0.490 e. The lowest BCUT2D eigenvalue weighted by molar-refractivity contribution is -0.139. The molecule has 5 heteroatoms. The maximum atomic E-state index is 12.6. The summed E-state index contributed by atoms with van der Waals surface area (Å²) in [4.78, 5) is 0.371. The van der Waals surface area contributed by atoms with Crippen LogP contribution in [0.25, 0.3) is 0 Å². The largest absolute Gasteiger partial charge is 0.490 e. The molecular weight excluding hydrogens is 285 g/mol. The van der Waals surface area contributed by atoms with Gasteiger partial charge in [-0.2, -0.15) is 13.2 Å². The van der Waals surface area contributed by atoms with E-state index in [2.05, 4.69) is 15.9 Å². The number of benzene rings is 1. The molecule has 1 aliphatic rings. The average molecular weight is 295 g/mol. The van der Waals surface area contributed by atoms with E-state index in [4.69, 9.17) is 4.74 Å². The van der Waals surface area contributed by atoms with Crippen LogP contribution in [-0.2, 0) is 6.18 Å². The maximum Gasteiger partial charge on any atom is 0.419 e. The molecule has 0 unspecified atom stereocenters. The third-order valence-electron chi connectivity index (χ3n) is 2.52. The fraction of sp³-hybridized carbons (Fsp3) is 0.455. The maximum absolute atomic E-state index is 12.6. The van der Waals surface area contributed by atoms with Crippen molar-refractivity contribution in [1.82, 2.24) is 0 Å². The first kappa shape index (κ1) is 11.8. The highest BCUT2D eigenvalue weighted by atomic mass is 79.9. The van der Waals surface area contributed by atoms with Crippen LogP contribution in [0.15, 0.2) is 24.3 Å². The van der Waals surface area contributed by atoms with Crippen molar-refractivity contribution in [2.45, 2.75) is 29.9 Å². The zero-order valence-corrected chi connectivity index (χ0v) is 9.88. The second kappa shape index (κ2) is 4.28. The Bertz CT molecular complexity index is 372. The van der Waals surface area contributed by atoms with Crippen LogP contribution >= 0.6 is 15.9 Å². The molecular formula is C11H10BrF3O. The molecule has 0 saturated heterocycles. The van der Waals surface area contributed by atoms with Gasteiger partial charge in [-0.15, -0.1) is 0 Å². The van der Waals surface area contributed by atoms with Gasteiger partial charge in [0.1, 0.15) is 11.9 Å². The number of para-hydroxylation sites is 1. The number of hydrogen-bond donors (Lipinski definition) is 0. The first-order valence-electron chi connectivity index (χ1n) is 4.94. The van der Waals surface area contributed by atoms with Crippen molar-refractivity contribution in [2.24, 2.45) is 0 Å². The van der Waals surface area contributed by atoms with Gasteiger partial charge in [0.25, 0.3) is 0 Å². The molecule has 1 aromatic rings. The molecule has 0 spiro atoms. The van der Waals surface area contributed by atoms with Crippen LogP contribution in [0, 0.1) is 0 Å². The zero-order chi connectivity index (χ0) is 11.8. The molecule has 0 aromatic heterocycles. The number of alkyl halides is 4. The van der Waals surface area contributed by atoms with E-state index in [1.54, 1.807) is 6.07 Å². The van der Waals surface area contributed by atoms with Crippen LogP contribution in [0.3, 0.4) is 0 Å². The van der Waals surface area contributed by atoms with Crippen molar-refractivity contribution in [3.05, 3.63) is 29.8 Å². The van der Waals surface area contributed by atoms with Gasteiger partial charge in [0.05, 0.1) is 5.56 Å². The van der Waals surface area contributed by atoms with E-state index in [1.165, 1.54) is 12.1 Å². The molecule has 0 amide bonds. The highest BCUT2D eigenvalue weighted by Gasteiger charge is 2.36. The summed E-state index contributed by atoms with van der Waals surface area (Å²) in [5.74, 6) is -0.0700. The van der Waals surface area contributed by atoms with Crippen LogP contribution < -0.4 is 4.74 Å². The molecule has 1 fully saturated rings. The summed E-state index contributed by atoms with van der Waals surface area (Å²) >= 11 is 3.37. The molecule has 1 aromatic carbocycles. The lowest BCUT2D eigenvalue weighted by Crippen LogP contribution is -2.34. The quantitative estimate of drug-likeness (QED) is 0.749. The molecule has 1 nitrogen and oxygen atoms in total. The van der Waals surface area contributed by atoms with E-state index >= 15 is 0 Å². The lowest BCUT2D eigenvalue weighted by Gasteiger charge is -2.32. The van der Waals surface area contributed by atoms with Crippen LogP contribution in [0.1, 0.15) is 18.4 Å². The second-order valence-corrected chi connectivity index (χ2v) is 5.10.